The number of rotatable bonds is 6. The number of hydrogen-bond acceptors (Lipinski definition) is 5. The van der Waals surface area contributed by atoms with Gasteiger partial charge in [0.25, 0.3) is 0 Å². The molecule has 0 unspecified atom stereocenters. The molecule has 3 rings (SSSR count). The second-order valence-corrected chi connectivity index (χ2v) is 6.24. The summed E-state index contributed by atoms with van der Waals surface area (Å²) < 4.78 is 11.4. The lowest BCUT2D eigenvalue weighted by molar-refractivity contribution is -0.135. The van der Waals surface area contributed by atoms with Crippen molar-refractivity contribution < 1.29 is 14.3 Å². The second kappa shape index (κ2) is 8.07. The molecule has 1 saturated heterocycles. The standard InChI is InChI=1S/C19H23N3O3/c1-14-10-18(21-15(2)20-14)25-17-8-9-22(11-17)19(23)13-24-12-16-6-4-3-5-7-16/h3-7,10,17H,8-9,11-13H2,1-2H3/t17-/m0/s1. The van der Waals surface area contributed by atoms with Gasteiger partial charge in [0.15, 0.2) is 0 Å². The van der Waals surface area contributed by atoms with Crippen LogP contribution in [0.15, 0.2) is 36.4 Å². The van der Waals surface area contributed by atoms with Crippen LogP contribution in [0.1, 0.15) is 23.5 Å². The van der Waals surface area contributed by atoms with Gasteiger partial charge in [-0.25, -0.2) is 4.98 Å². The van der Waals surface area contributed by atoms with Crippen LogP contribution in [-0.4, -0.2) is 46.6 Å². The summed E-state index contributed by atoms with van der Waals surface area (Å²) in [7, 11) is 0. The molecule has 1 amide bonds. The Hall–Kier alpha value is -2.47. The summed E-state index contributed by atoms with van der Waals surface area (Å²) in [6.45, 7) is 5.54. The Morgan fingerprint density at radius 2 is 2.04 bits per heavy atom. The molecule has 6 nitrogen and oxygen atoms in total. The van der Waals surface area contributed by atoms with E-state index in [1.54, 1.807) is 4.90 Å². The Morgan fingerprint density at radius 3 is 2.80 bits per heavy atom. The van der Waals surface area contributed by atoms with E-state index >= 15 is 0 Å². The lowest BCUT2D eigenvalue weighted by Crippen LogP contribution is -2.33. The molecule has 1 fully saturated rings. The van der Waals surface area contributed by atoms with Crippen LogP contribution in [0.25, 0.3) is 0 Å². The predicted molar refractivity (Wildman–Crippen MR) is 93.2 cm³/mol. The number of aryl methyl sites for hydroxylation is 2. The minimum absolute atomic E-state index is 0.00270. The zero-order valence-electron chi connectivity index (χ0n) is 14.6. The van der Waals surface area contributed by atoms with Crippen molar-refractivity contribution >= 4 is 5.91 Å². The second-order valence-electron chi connectivity index (χ2n) is 6.24. The van der Waals surface area contributed by atoms with Crippen molar-refractivity contribution in [2.45, 2.75) is 33.0 Å². The average molecular weight is 341 g/mol. The number of benzene rings is 1. The van der Waals surface area contributed by atoms with E-state index in [4.69, 9.17) is 9.47 Å². The van der Waals surface area contributed by atoms with Crippen LogP contribution < -0.4 is 4.74 Å². The fourth-order valence-electron chi connectivity index (χ4n) is 2.89. The van der Waals surface area contributed by atoms with Crippen molar-refractivity contribution in [3.05, 3.63) is 53.5 Å². The van der Waals surface area contributed by atoms with Crippen LogP contribution in [0.5, 0.6) is 5.88 Å². The van der Waals surface area contributed by atoms with Crippen molar-refractivity contribution in [2.75, 3.05) is 19.7 Å². The molecule has 0 N–H and O–H groups in total. The molecule has 0 bridgehead atoms. The number of likely N-dealkylation sites (tertiary alicyclic amines) is 1. The van der Waals surface area contributed by atoms with E-state index in [1.165, 1.54) is 0 Å². The third-order valence-corrected chi connectivity index (χ3v) is 4.06. The number of aromatic nitrogens is 2. The van der Waals surface area contributed by atoms with E-state index in [2.05, 4.69) is 9.97 Å². The number of hydrogen-bond donors (Lipinski definition) is 0. The van der Waals surface area contributed by atoms with E-state index in [9.17, 15) is 4.79 Å². The maximum Gasteiger partial charge on any atom is 0.248 e. The maximum absolute atomic E-state index is 12.3. The summed E-state index contributed by atoms with van der Waals surface area (Å²) in [5, 5.41) is 0. The third-order valence-electron chi connectivity index (χ3n) is 4.06. The molecular formula is C19H23N3O3. The highest BCUT2D eigenvalue weighted by molar-refractivity contribution is 5.77. The van der Waals surface area contributed by atoms with Gasteiger partial charge in [-0.1, -0.05) is 30.3 Å². The Labute approximate surface area is 147 Å². The van der Waals surface area contributed by atoms with E-state index in [-0.39, 0.29) is 18.6 Å². The highest BCUT2D eigenvalue weighted by Crippen LogP contribution is 2.17. The largest absolute Gasteiger partial charge is 0.472 e. The Balaban J connectivity index is 1.44. The van der Waals surface area contributed by atoms with Crippen LogP contribution in [0.3, 0.4) is 0 Å². The minimum Gasteiger partial charge on any atom is -0.472 e. The maximum atomic E-state index is 12.3. The molecule has 6 heteroatoms. The van der Waals surface area contributed by atoms with E-state index in [0.717, 1.165) is 17.7 Å². The van der Waals surface area contributed by atoms with Crippen LogP contribution >= 0.6 is 0 Å². The van der Waals surface area contributed by atoms with Gasteiger partial charge in [-0.05, 0) is 19.4 Å². The molecule has 1 aliphatic heterocycles. The number of ether oxygens (including phenoxy) is 2. The van der Waals surface area contributed by atoms with Crippen LogP contribution in [-0.2, 0) is 16.1 Å². The van der Waals surface area contributed by atoms with Gasteiger partial charge in [0.2, 0.25) is 11.8 Å². The van der Waals surface area contributed by atoms with Gasteiger partial charge in [-0.15, -0.1) is 0 Å². The van der Waals surface area contributed by atoms with Crippen LogP contribution in [0.2, 0.25) is 0 Å². The predicted octanol–water partition coefficient (Wildman–Crippen LogP) is 2.29. The Kier molecular flexibility index (Phi) is 5.60. The minimum atomic E-state index is -0.0354. The zero-order chi connectivity index (χ0) is 17.6. The molecule has 1 atom stereocenters. The highest BCUT2D eigenvalue weighted by Gasteiger charge is 2.28. The topological polar surface area (TPSA) is 64.5 Å². The van der Waals surface area contributed by atoms with Gasteiger partial charge < -0.3 is 14.4 Å². The van der Waals surface area contributed by atoms with Gasteiger partial charge in [-0.3, -0.25) is 4.79 Å². The molecule has 1 aromatic heterocycles. The quantitative estimate of drug-likeness (QED) is 0.807. The molecule has 1 aliphatic rings. The van der Waals surface area contributed by atoms with Gasteiger partial charge in [0.1, 0.15) is 18.5 Å². The summed E-state index contributed by atoms with van der Waals surface area (Å²) >= 11 is 0. The first-order valence-corrected chi connectivity index (χ1v) is 8.48. The summed E-state index contributed by atoms with van der Waals surface area (Å²) in [6.07, 6.45) is 0.763. The third kappa shape index (κ3) is 5.00. The van der Waals surface area contributed by atoms with Crippen molar-refractivity contribution in [1.29, 1.82) is 0 Å². The van der Waals surface area contributed by atoms with Gasteiger partial charge >= 0.3 is 0 Å². The fraction of sp³-hybridized carbons (Fsp3) is 0.421. The summed E-state index contributed by atoms with van der Waals surface area (Å²) in [5.74, 6) is 1.26. The summed E-state index contributed by atoms with van der Waals surface area (Å²) in [4.78, 5) is 22.6. The molecular weight excluding hydrogens is 318 g/mol. The lowest BCUT2D eigenvalue weighted by atomic mass is 10.2. The smallest absolute Gasteiger partial charge is 0.248 e. The Morgan fingerprint density at radius 1 is 1.24 bits per heavy atom. The summed E-state index contributed by atoms with van der Waals surface area (Å²) in [6, 6.07) is 11.7. The Bertz CT molecular complexity index is 701. The monoisotopic (exact) mass is 341 g/mol. The normalized spacial score (nSPS) is 16.9. The molecule has 0 saturated carbocycles. The molecule has 1 aromatic carbocycles. The molecule has 0 radical (unpaired) electrons. The molecule has 132 valence electrons. The lowest BCUT2D eigenvalue weighted by Gasteiger charge is -2.17. The van der Waals surface area contributed by atoms with Crippen molar-refractivity contribution in [3.8, 4) is 5.88 Å². The van der Waals surface area contributed by atoms with Gasteiger partial charge in [0.05, 0.1) is 13.2 Å². The average Bonchev–Trinajstić information content (AvgIpc) is 3.03. The highest BCUT2D eigenvalue weighted by atomic mass is 16.5. The van der Waals surface area contributed by atoms with Crippen molar-refractivity contribution in [3.63, 3.8) is 0 Å². The molecule has 0 aliphatic carbocycles. The molecule has 2 aromatic rings. The van der Waals surface area contributed by atoms with Gasteiger partial charge in [-0.2, -0.15) is 4.98 Å². The number of carbonyl (C=O) groups excluding carboxylic acids is 1. The van der Waals surface area contributed by atoms with E-state index in [1.807, 2.05) is 50.2 Å². The molecule has 2 heterocycles. The zero-order valence-corrected chi connectivity index (χ0v) is 14.6. The van der Waals surface area contributed by atoms with Crippen molar-refractivity contribution in [1.82, 2.24) is 14.9 Å². The van der Waals surface area contributed by atoms with Crippen molar-refractivity contribution in [2.24, 2.45) is 0 Å². The van der Waals surface area contributed by atoms with Crippen LogP contribution in [0, 0.1) is 13.8 Å². The van der Waals surface area contributed by atoms with E-state index in [0.29, 0.717) is 31.4 Å². The summed E-state index contributed by atoms with van der Waals surface area (Å²) in [5.41, 5.74) is 1.94. The first-order valence-electron chi connectivity index (χ1n) is 8.48. The first kappa shape index (κ1) is 17.4. The molecule has 25 heavy (non-hydrogen) atoms. The molecule has 0 spiro atoms. The SMILES string of the molecule is Cc1cc(O[C@H]2CCN(C(=O)COCc3ccccc3)C2)nc(C)n1. The fourth-order valence-corrected chi connectivity index (χ4v) is 2.89. The number of carbonyl (C=O) groups is 1. The first-order chi connectivity index (χ1) is 12.1. The number of nitrogens with zero attached hydrogens (tertiary/aromatic N) is 3. The van der Waals surface area contributed by atoms with Crippen LogP contribution in [0.4, 0.5) is 0 Å². The van der Waals surface area contributed by atoms with E-state index < -0.39 is 0 Å². The van der Waals surface area contributed by atoms with Gasteiger partial charge in [0, 0.05) is 24.7 Å². The number of amides is 1.